The average Bonchev–Trinajstić information content (AvgIpc) is 2.40. The summed E-state index contributed by atoms with van der Waals surface area (Å²) in [5, 5.41) is 2.66. The fourth-order valence-electron chi connectivity index (χ4n) is 1.88. The van der Waals surface area contributed by atoms with E-state index in [1.165, 1.54) is 16.7 Å². The van der Waals surface area contributed by atoms with Gasteiger partial charge in [-0.15, -0.1) is 0 Å². The number of carbonyl (C=O) groups excluding carboxylic acids is 1. The molecule has 104 valence electrons. The maximum atomic E-state index is 13.0. The van der Waals surface area contributed by atoms with Crippen LogP contribution in [-0.4, -0.2) is 10.5 Å². The highest BCUT2D eigenvalue weighted by Gasteiger charge is 2.06. The molecule has 0 aliphatic heterocycles. The Balaban J connectivity index is 1.96. The van der Waals surface area contributed by atoms with Crippen LogP contribution in [0.4, 0.5) is 4.39 Å². The Labute approximate surface area is 115 Å². The number of hydrogen-bond acceptors (Lipinski definition) is 2. The molecule has 0 saturated heterocycles. The lowest BCUT2D eigenvalue weighted by atomic mass is 10.1. The number of nitrogens with zero attached hydrogens (tertiary/aromatic N) is 1. The fourth-order valence-corrected chi connectivity index (χ4v) is 1.88. The molecule has 0 saturated carbocycles. The van der Waals surface area contributed by atoms with Crippen molar-refractivity contribution in [2.45, 2.75) is 13.0 Å². The second-order valence-electron chi connectivity index (χ2n) is 4.53. The van der Waals surface area contributed by atoms with Gasteiger partial charge in [-0.05, 0) is 23.8 Å². The van der Waals surface area contributed by atoms with Crippen molar-refractivity contribution >= 4 is 5.91 Å². The molecule has 1 aromatic heterocycles. The number of pyridine rings is 1. The van der Waals surface area contributed by atoms with E-state index in [1.807, 2.05) is 0 Å². The van der Waals surface area contributed by atoms with Gasteiger partial charge in [-0.2, -0.15) is 0 Å². The Bertz CT molecular complexity index is 680. The highest BCUT2D eigenvalue weighted by atomic mass is 19.1. The van der Waals surface area contributed by atoms with Gasteiger partial charge < -0.3 is 9.88 Å². The van der Waals surface area contributed by atoms with Crippen LogP contribution in [0.2, 0.25) is 0 Å². The first-order valence-electron chi connectivity index (χ1n) is 6.22. The maximum Gasteiger partial charge on any atom is 0.255 e. The van der Waals surface area contributed by atoms with Crippen LogP contribution < -0.4 is 10.9 Å². The molecule has 1 N–H and O–H groups in total. The minimum Gasteiger partial charge on any atom is -0.352 e. The molecule has 0 radical (unpaired) electrons. The largest absolute Gasteiger partial charge is 0.352 e. The second-order valence-corrected chi connectivity index (χ2v) is 4.53. The van der Waals surface area contributed by atoms with Crippen molar-refractivity contribution in [3.05, 3.63) is 69.9 Å². The van der Waals surface area contributed by atoms with Crippen LogP contribution in [-0.2, 0) is 24.8 Å². The number of amides is 1. The topological polar surface area (TPSA) is 51.1 Å². The highest BCUT2D eigenvalue weighted by Crippen LogP contribution is 2.04. The summed E-state index contributed by atoms with van der Waals surface area (Å²) in [7, 11) is 1.65. The van der Waals surface area contributed by atoms with Crippen molar-refractivity contribution in [2.75, 3.05) is 0 Å². The highest BCUT2D eigenvalue weighted by molar-refractivity contribution is 5.78. The summed E-state index contributed by atoms with van der Waals surface area (Å²) in [4.78, 5) is 23.5. The molecule has 2 rings (SSSR count). The molecule has 1 amide bonds. The second kappa shape index (κ2) is 6.14. The molecule has 0 aliphatic carbocycles. The number of carbonyl (C=O) groups is 1. The molecule has 20 heavy (non-hydrogen) atoms. The Hall–Kier alpha value is -2.43. The van der Waals surface area contributed by atoms with Crippen molar-refractivity contribution in [2.24, 2.45) is 7.05 Å². The van der Waals surface area contributed by atoms with Crippen LogP contribution >= 0.6 is 0 Å². The summed E-state index contributed by atoms with van der Waals surface area (Å²) in [5.41, 5.74) is 0.976. The molecular weight excluding hydrogens is 259 g/mol. The Morgan fingerprint density at radius 3 is 2.85 bits per heavy atom. The zero-order chi connectivity index (χ0) is 14.5. The molecule has 0 atom stereocenters. The standard InChI is InChI=1S/C15H15FN2O2/c1-18-7-3-5-12(15(18)20)10-17-14(19)9-11-4-2-6-13(16)8-11/h2-8H,9-10H2,1H3,(H,17,19). The third-order valence-electron chi connectivity index (χ3n) is 2.93. The molecule has 0 bridgehead atoms. The van der Waals surface area contributed by atoms with E-state index in [2.05, 4.69) is 5.32 Å². The lowest BCUT2D eigenvalue weighted by molar-refractivity contribution is -0.120. The molecule has 1 heterocycles. The predicted octanol–water partition coefficient (Wildman–Crippen LogP) is 1.38. The van der Waals surface area contributed by atoms with Crippen molar-refractivity contribution < 1.29 is 9.18 Å². The van der Waals surface area contributed by atoms with Gasteiger partial charge in [0.15, 0.2) is 0 Å². The minimum atomic E-state index is -0.368. The number of hydrogen-bond donors (Lipinski definition) is 1. The van der Waals surface area contributed by atoms with Crippen LogP contribution in [0.5, 0.6) is 0 Å². The van der Waals surface area contributed by atoms with E-state index in [1.54, 1.807) is 37.5 Å². The first kappa shape index (κ1) is 14.0. The van der Waals surface area contributed by atoms with E-state index in [-0.39, 0.29) is 30.2 Å². The van der Waals surface area contributed by atoms with E-state index in [4.69, 9.17) is 0 Å². The van der Waals surface area contributed by atoms with Gasteiger partial charge in [-0.1, -0.05) is 18.2 Å². The number of aryl methyl sites for hydroxylation is 1. The van der Waals surface area contributed by atoms with Gasteiger partial charge in [0.05, 0.1) is 6.42 Å². The van der Waals surface area contributed by atoms with E-state index >= 15 is 0 Å². The summed E-state index contributed by atoms with van der Waals surface area (Å²) in [5.74, 6) is -0.617. The summed E-state index contributed by atoms with van der Waals surface area (Å²) < 4.78 is 14.4. The van der Waals surface area contributed by atoms with Crippen LogP contribution in [0.3, 0.4) is 0 Å². The Morgan fingerprint density at radius 2 is 2.10 bits per heavy atom. The SMILES string of the molecule is Cn1cccc(CNC(=O)Cc2cccc(F)c2)c1=O. The van der Waals surface area contributed by atoms with Crippen LogP contribution in [0.25, 0.3) is 0 Å². The molecular formula is C15H15FN2O2. The van der Waals surface area contributed by atoms with Crippen molar-refractivity contribution in [1.29, 1.82) is 0 Å². The molecule has 0 unspecified atom stereocenters. The third-order valence-corrected chi connectivity index (χ3v) is 2.93. The monoisotopic (exact) mass is 274 g/mol. The van der Waals surface area contributed by atoms with Crippen LogP contribution in [0.1, 0.15) is 11.1 Å². The van der Waals surface area contributed by atoms with Crippen molar-refractivity contribution in [3.63, 3.8) is 0 Å². The van der Waals surface area contributed by atoms with Crippen molar-refractivity contribution in [3.8, 4) is 0 Å². The number of rotatable bonds is 4. The lowest BCUT2D eigenvalue weighted by Crippen LogP contribution is -2.29. The van der Waals surface area contributed by atoms with Gasteiger partial charge in [0, 0.05) is 25.4 Å². The van der Waals surface area contributed by atoms with Crippen LogP contribution in [0.15, 0.2) is 47.4 Å². The summed E-state index contributed by atoms with van der Waals surface area (Å²) in [6.45, 7) is 0.168. The Kier molecular flexibility index (Phi) is 4.30. The van der Waals surface area contributed by atoms with E-state index in [9.17, 15) is 14.0 Å². The summed E-state index contributed by atoms with van der Waals surface area (Å²) >= 11 is 0. The minimum absolute atomic E-state index is 0.0882. The molecule has 0 fully saturated rings. The zero-order valence-electron chi connectivity index (χ0n) is 11.1. The molecule has 5 heteroatoms. The summed E-state index contributed by atoms with van der Waals surface area (Å²) in [6, 6.07) is 9.31. The van der Waals surface area contributed by atoms with Gasteiger partial charge in [-0.3, -0.25) is 9.59 Å². The lowest BCUT2D eigenvalue weighted by Gasteiger charge is -2.06. The molecule has 0 aliphatic rings. The normalized spacial score (nSPS) is 10.3. The third kappa shape index (κ3) is 3.54. The van der Waals surface area contributed by atoms with Gasteiger partial charge in [-0.25, -0.2) is 4.39 Å². The van der Waals surface area contributed by atoms with E-state index in [0.29, 0.717) is 11.1 Å². The molecule has 4 nitrogen and oxygen atoms in total. The smallest absolute Gasteiger partial charge is 0.255 e. The van der Waals surface area contributed by atoms with Gasteiger partial charge in [0.2, 0.25) is 5.91 Å². The number of aromatic nitrogens is 1. The van der Waals surface area contributed by atoms with E-state index < -0.39 is 0 Å². The molecule has 0 spiro atoms. The van der Waals surface area contributed by atoms with Gasteiger partial charge in [0.25, 0.3) is 5.56 Å². The fraction of sp³-hybridized carbons (Fsp3) is 0.200. The zero-order valence-corrected chi connectivity index (χ0v) is 11.1. The van der Waals surface area contributed by atoms with Gasteiger partial charge >= 0.3 is 0 Å². The molecule has 1 aromatic carbocycles. The maximum absolute atomic E-state index is 13.0. The first-order valence-corrected chi connectivity index (χ1v) is 6.22. The first-order chi connectivity index (χ1) is 9.56. The predicted molar refractivity (Wildman–Crippen MR) is 73.6 cm³/mol. The number of nitrogens with one attached hydrogen (secondary N) is 1. The number of halogens is 1. The van der Waals surface area contributed by atoms with E-state index in [0.717, 1.165) is 0 Å². The molecule has 2 aromatic rings. The quantitative estimate of drug-likeness (QED) is 0.916. The van der Waals surface area contributed by atoms with Crippen molar-refractivity contribution in [1.82, 2.24) is 9.88 Å². The van der Waals surface area contributed by atoms with Crippen LogP contribution in [0, 0.1) is 5.82 Å². The average molecular weight is 274 g/mol. The Morgan fingerprint density at radius 1 is 1.30 bits per heavy atom. The number of benzene rings is 1. The summed E-state index contributed by atoms with van der Waals surface area (Å²) in [6.07, 6.45) is 1.74. The van der Waals surface area contributed by atoms with Gasteiger partial charge in [0.1, 0.15) is 5.82 Å².